The summed E-state index contributed by atoms with van der Waals surface area (Å²) >= 11 is 0. The molecule has 1 aliphatic rings. The van der Waals surface area contributed by atoms with Gasteiger partial charge in [-0.3, -0.25) is 0 Å². The number of benzene rings is 1. The van der Waals surface area contributed by atoms with Gasteiger partial charge < -0.3 is 14.3 Å². The molecule has 0 spiro atoms. The topological polar surface area (TPSA) is 81.9 Å². The number of aryl methyl sites for hydroxylation is 1. The Bertz CT molecular complexity index is 1150. The minimum absolute atomic E-state index is 0.504. The fourth-order valence-corrected chi connectivity index (χ4v) is 2.98. The van der Waals surface area contributed by atoms with Crippen molar-refractivity contribution in [3.63, 3.8) is 0 Å². The third-order valence-electron chi connectivity index (χ3n) is 4.23. The van der Waals surface area contributed by atoms with Crippen molar-refractivity contribution in [2.24, 2.45) is 0 Å². The van der Waals surface area contributed by atoms with Gasteiger partial charge in [0.2, 0.25) is 5.89 Å². The van der Waals surface area contributed by atoms with E-state index in [-0.39, 0.29) is 0 Å². The van der Waals surface area contributed by atoms with E-state index in [0.717, 1.165) is 45.0 Å². The fourth-order valence-electron chi connectivity index (χ4n) is 2.98. The maximum Gasteiger partial charge on any atom is 0.231 e. The number of nitrogens with zero attached hydrogens (tertiary/aromatic N) is 4. The van der Waals surface area contributed by atoms with Gasteiger partial charge in [-0.25, -0.2) is 9.67 Å². The summed E-state index contributed by atoms with van der Waals surface area (Å²) in [4.78, 5) is 4.20. The zero-order chi connectivity index (χ0) is 17.0. The predicted octanol–water partition coefficient (Wildman–Crippen LogP) is 3.93. The second kappa shape index (κ2) is 4.94. The van der Waals surface area contributed by atoms with Crippen LogP contribution in [0.3, 0.4) is 0 Å². The fraction of sp³-hybridized carbons (Fsp3) is 0.0556. The molecule has 4 heterocycles. The van der Waals surface area contributed by atoms with Crippen LogP contribution in [0.4, 0.5) is 5.82 Å². The molecule has 5 rings (SSSR count). The van der Waals surface area contributed by atoms with Crippen molar-refractivity contribution in [2.75, 3.05) is 5.32 Å². The van der Waals surface area contributed by atoms with E-state index in [1.807, 2.05) is 31.2 Å². The highest BCUT2D eigenvalue weighted by atomic mass is 16.5. The molecule has 1 aromatic carbocycles. The summed E-state index contributed by atoms with van der Waals surface area (Å²) in [6, 6.07) is 5.98. The molecule has 7 nitrogen and oxygen atoms in total. The van der Waals surface area contributed by atoms with Gasteiger partial charge in [0.25, 0.3) is 0 Å². The molecule has 0 amide bonds. The quantitative estimate of drug-likeness (QED) is 0.599. The Morgan fingerprint density at radius 3 is 3.04 bits per heavy atom. The summed E-state index contributed by atoms with van der Waals surface area (Å²) < 4.78 is 12.5. The van der Waals surface area contributed by atoms with Crippen LogP contribution in [0.1, 0.15) is 11.3 Å². The third-order valence-corrected chi connectivity index (χ3v) is 4.23. The van der Waals surface area contributed by atoms with Crippen molar-refractivity contribution in [3.05, 3.63) is 60.8 Å². The zero-order valence-corrected chi connectivity index (χ0v) is 13.4. The molecule has 0 radical (unpaired) electrons. The molecule has 0 aliphatic carbocycles. The average Bonchev–Trinajstić information content (AvgIpc) is 3.34. The monoisotopic (exact) mass is 331 g/mol. The highest BCUT2D eigenvalue weighted by Gasteiger charge is 2.22. The van der Waals surface area contributed by atoms with E-state index in [4.69, 9.17) is 8.94 Å². The molecule has 0 atom stereocenters. The summed E-state index contributed by atoms with van der Waals surface area (Å²) in [5, 5.41) is 12.8. The number of hydrogen-bond acceptors (Lipinski definition) is 6. The van der Waals surface area contributed by atoms with Crippen molar-refractivity contribution >= 4 is 28.2 Å². The van der Waals surface area contributed by atoms with Gasteiger partial charge in [-0.1, -0.05) is 17.8 Å². The first-order valence-corrected chi connectivity index (χ1v) is 7.73. The van der Waals surface area contributed by atoms with Crippen LogP contribution in [0.25, 0.3) is 33.8 Å². The summed E-state index contributed by atoms with van der Waals surface area (Å²) in [5.74, 6) is 1.27. The van der Waals surface area contributed by atoms with Crippen LogP contribution in [0.15, 0.2) is 58.5 Å². The molecule has 3 aromatic heterocycles. The molecule has 1 aliphatic heterocycles. The number of oxazole rings is 1. The van der Waals surface area contributed by atoms with Gasteiger partial charge in [0.1, 0.15) is 12.1 Å². The number of aromatic nitrogens is 4. The molecule has 7 heteroatoms. The predicted molar refractivity (Wildman–Crippen MR) is 93.4 cm³/mol. The molecule has 0 fully saturated rings. The number of rotatable bonds is 2. The Labute approximate surface area is 142 Å². The summed E-state index contributed by atoms with van der Waals surface area (Å²) in [6.07, 6.45) is 6.78. The molecule has 0 saturated heterocycles. The van der Waals surface area contributed by atoms with Crippen LogP contribution in [0, 0.1) is 6.92 Å². The molecule has 0 saturated carbocycles. The Hall–Kier alpha value is -3.61. The molecule has 25 heavy (non-hydrogen) atoms. The highest BCUT2D eigenvalue weighted by molar-refractivity contribution is 5.93. The first-order valence-electron chi connectivity index (χ1n) is 7.73. The van der Waals surface area contributed by atoms with Gasteiger partial charge in [0.15, 0.2) is 5.58 Å². The van der Waals surface area contributed by atoms with Crippen LogP contribution in [-0.2, 0) is 0 Å². The van der Waals surface area contributed by atoms with Gasteiger partial charge in [0, 0.05) is 16.6 Å². The van der Waals surface area contributed by atoms with Crippen LogP contribution >= 0.6 is 0 Å². The lowest BCUT2D eigenvalue weighted by molar-refractivity contribution is 0.450. The summed E-state index contributed by atoms with van der Waals surface area (Å²) in [5.41, 5.74) is 5.00. The average molecular weight is 331 g/mol. The lowest BCUT2D eigenvalue weighted by Gasteiger charge is -2.20. The van der Waals surface area contributed by atoms with Gasteiger partial charge in [-0.2, -0.15) is 5.10 Å². The van der Waals surface area contributed by atoms with Gasteiger partial charge >= 0.3 is 0 Å². The normalized spacial score (nSPS) is 13.6. The molecular formula is C18H13N5O2. The van der Waals surface area contributed by atoms with E-state index in [1.165, 1.54) is 6.26 Å². The minimum atomic E-state index is 0.504. The van der Waals surface area contributed by atoms with E-state index in [9.17, 15) is 0 Å². The number of fused-ring (bicyclic) bond motifs is 2. The van der Waals surface area contributed by atoms with Gasteiger partial charge in [-0.05, 0) is 25.1 Å². The highest BCUT2D eigenvalue weighted by Crippen LogP contribution is 2.35. The Morgan fingerprint density at radius 2 is 2.20 bits per heavy atom. The lowest BCUT2D eigenvalue weighted by Crippen LogP contribution is -2.12. The summed E-state index contributed by atoms with van der Waals surface area (Å²) in [7, 11) is 0. The van der Waals surface area contributed by atoms with E-state index < -0.39 is 0 Å². The molecule has 122 valence electrons. The second-order valence-electron chi connectivity index (χ2n) is 5.81. The van der Waals surface area contributed by atoms with Crippen molar-refractivity contribution in [1.29, 1.82) is 0 Å². The summed E-state index contributed by atoms with van der Waals surface area (Å²) in [6.45, 7) is 6.01. The smallest absolute Gasteiger partial charge is 0.231 e. The molecule has 1 N–H and O–H groups in total. The van der Waals surface area contributed by atoms with Gasteiger partial charge in [0.05, 0.1) is 29.3 Å². The number of nitrogens with one attached hydrogen (secondary N) is 1. The first kappa shape index (κ1) is 13.8. The third kappa shape index (κ3) is 2.02. The van der Waals surface area contributed by atoms with Crippen LogP contribution in [0.2, 0.25) is 0 Å². The van der Waals surface area contributed by atoms with Crippen LogP contribution in [0.5, 0.6) is 0 Å². The van der Waals surface area contributed by atoms with E-state index in [2.05, 4.69) is 27.1 Å². The minimum Gasteiger partial charge on any atom is -0.444 e. The number of allylic oxidation sites excluding steroid dienone is 2. The molecular weight excluding hydrogens is 318 g/mol. The lowest BCUT2D eigenvalue weighted by atomic mass is 10.1. The maximum atomic E-state index is 5.40. The number of anilines is 1. The van der Waals surface area contributed by atoms with Crippen molar-refractivity contribution < 1.29 is 8.94 Å². The first-order chi connectivity index (χ1) is 12.2. The molecule has 0 bridgehead atoms. The van der Waals surface area contributed by atoms with Crippen molar-refractivity contribution in [1.82, 2.24) is 19.9 Å². The SMILES string of the molecule is C=C1C=C(c2ccc3c(C)noc3c2)Nc2c(-c3ncco3)cnn21. The Kier molecular flexibility index (Phi) is 2.73. The number of hydrogen-bond donors (Lipinski definition) is 1. The van der Waals surface area contributed by atoms with Crippen molar-refractivity contribution in [3.8, 4) is 11.5 Å². The zero-order valence-electron chi connectivity index (χ0n) is 13.4. The Morgan fingerprint density at radius 1 is 1.28 bits per heavy atom. The Balaban J connectivity index is 1.60. The standard InChI is InChI=1S/C18H13N5O2/c1-10-7-15(12-3-4-13-11(2)22-25-16(13)8-12)21-17-14(9-20-23(10)17)18-19-5-6-24-18/h3-9,21H,1H2,2H3. The maximum absolute atomic E-state index is 5.40. The second-order valence-corrected chi connectivity index (χ2v) is 5.81. The largest absolute Gasteiger partial charge is 0.444 e. The van der Waals surface area contributed by atoms with E-state index in [1.54, 1.807) is 17.1 Å². The molecule has 0 unspecified atom stereocenters. The van der Waals surface area contributed by atoms with E-state index in [0.29, 0.717) is 5.89 Å². The molecule has 4 aromatic rings. The van der Waals surface area contributed by atoms with Crippen LogP contribution in [-0.4, -0.2) is 19.9 Å². The van der Waals surface area contributed by atoms with Crippen molar-refractivity contribution in [2.45, 2.75) is 6.92 Å². The van der Waals surface area contributed by atoms with Crippen LogP contribution < -0.4 is 5.32 Å². The van der Waals surface area contributed by atoms with E-state index >= 15 is 0 Å². The van der Waals surface area contributed by atoms with Gasteiger partial charge in [-0.15, -0.1) is 0 Å².